The van der Waals surface area contributed by atoms with E-state index in [-0.39, 0.29) is 17.2 Å². The van der Waals surface area contributed by atoms with Crippen LogP contribution in [0.1, 0.15) is 16.1 Å². The Bertz CT molecular complexity index is 558. The number of benzene rings is 1. The number of rotatable bonds is 3. The molecule has 0 aliphatic rings. The molecule has 18 heavy (non-hydrogen) atoms. The van der Waals surface area contributed by atoms with Crippen LogP contribution in [0.5, 0.6) is 0 Å². The minimum absolute atomic E-state index is 0.133. The molecule has 0 fully saturated rings. The fraction of sp³-hybridized carbons (Fsp3) is 0.0769. The SMILES string of the molecule is O=C(Nc1ccc(F)c(CO)c1)c1ccccn1. The lowest BCUT2D eigenvalue weighted by Crippen LogP contribution is -2.13. The van der Waals surface area contributed by atoms with Crippen LogP contribution < -0.4 is 5.32 Å². The Hall–Kier alpha value is -2.27. The molecular formula is C13H11FN2O2. The third-order valence-corrected chi connectivity index (χ3v) is 2.37. The summed E-state index contributed by atoms with van der Waals surface area (Å²) in [5, 5.41) is 11.5. The van der Waals surface area contributed by atoms with Gasteiger partial charge in [-0.3, -0.25) is 9.78 Å². The average molecular weight is 246 g/mol. The first kappa shape index (κ1) is 12.2. The van der Waals surface area contributed by atoms with Gasteiger partial charge in [-0.15, -0.1) is 0 Å². The molecule has 2 N–H and O–H groups in total. The summed E-state index contributed by atoms with van der Waals surface area (Å²) in [6.07, 6.45) is 1.51. The van der Waals surface area contributed by atoms with Gasteiger partial charge in [0, 0.05) is 17.4 Å². The van der Waals surface area contributed by atoms with Crippen LogP contribution in [0.15, 0.2) is 42.6 Å². The molecule has 0 bridgehead atoms. The molecule has 1 amide bonds. The fourth-order valence-corrected chi connectivity index (χ4v) is 1.47. The van der Waals surface area contributed by atoms with Crippen molar-refractivity contribution in [1.29, 1.82) is 0 Å². The maximum Gasteiger partial charge on any atom is 0.274 e. The van der Waals surface area contributed by atoms with Crippen LogP contribution in [0.3, 0.4) is 0 Å². The van der Waals surface area contributed by atoms with Gasteiger partial charge >= 0.3 is 0 Å². The van der Waals surface area contributed by atoms with Gasteiger partial charge in [-0.25, -0.2) is 4.39 Å². The number of pyridine rings is 1. The third kappa shape index (κ3) is 2.70. The molecule has 2 aromatic rings. The number of aliphatic hydroxyl groups excluding tert-OH is 1. The molecule has 0 saturated carbocycles. The highest BCUT2D eigenvalue weighted by atomic mass is 19.1. The number of hydrogen-bond acceptors (Lipinski definition) is 3. The summed E-state index contributed by atoms with van der Waals surface area (Å²) >= 11 is 0. The van der Waals surface area contributed by atoms with E-state index in [1.54, 1.807) is 18.2 Å². The van der Waals surface area contributed by atoms with E-state index in [0.717, 1.165) is 0 Å². The van der Waals surface area contributed by atoms with Crippen LogP contribution in [0.4, 0.5) is 10.1 Å². The van der Waals surface area contributed by atoms with Crippen LogP contribution in [-0.2, 0) is 6.61 Å². The van der Waals surface area contributed by atoms with E-state index in [9.17, 15) is 9.18 Å². The van der Waals surface area contributed by atoms with Crippen LogP contribution >= 0.6 is 0 Å². The summed E-state index contributed by atoms with van der Waals surface area (Å²) in [6.45, 7) is -0.418. The maximum atomic E-state index is 13.1. The minimum Gasteiger partial charge on any atom is -0.392 e. The number of nitrogens with one attached hydrogen (secondary N) is 1. The van der Waals surface area contributed by atoms with E-state index in [2.05, 4.69) is 10.3 Å². The molecule has 0 unspecified atom stereocenters. The smallest absolute Gasteiger partial charge is 0.274 e. The standard InChI is InChI=1S/C13H11FN2O2/c14-11-5-4-10(7-9(11)8-17)16-13(18)12-3-1-2-6-15-12/h1-7,17H,8H2,(H,16,18). The molecule has 0 radical (unpaired) electrons. The number of amides is 1. The summed E-state index contributed by atoms with van der Waals surface area (Å²) in [4.78, 5) is 15.7. The Morgan fingerprint density at radius 3 is 2.83 bits per heavy atom. The highest BCUT2D eigenvalue weighted by molar-refractivity contribution is 6.02. The normalized spacial score (nSPS) is 10.1. The van der Waals surface area contributed by atoms with Gasteiger partial charge in [0.05, 0.1) is 6.61 Å². The van der Waals surface area contributed by atoms with Crippen molar-refractivity contribution in [3.8, 4) is 0 Å². The van der Waals surface area contributed by atoms with Gasteiger partial charge in [0.25, 0.3) is 5.91 Å². The van der Waals surface area contributed by atoms with E-state index in [4.69, 9.17) is 5.11 Å². The average Bonchev–Trinajstić information content (AvgIpc) is 2.42. The summed E-state index contributed by atoms with van der Waals surface area (Å²) in [6, 6.07) is 8.99. The minimum atomic E-state index is -0.506. The highest BCUT2D eigenvalue weighted by Gasteiger charge is 2.08. The summed E-state index contributed by atoms with van der Waals surface area (Å²) in [7, 11) is 0. The van der Waals surface area contributed by atoms with Crippen LogP contribution in [0.2, 0.25) is 0 Å². The zero-order valence-electron chi connectivity index (χ0n) is 9.43. The van der Waals surface area contributed by atoms with Crippen molar-refractivity contribution in [3.05, 3.63) is 59.7 Å². The number of carbonyl (C=O) groups is 1. The molecule has 1 aromatic heterocycles. The fourth-order valence-electron chi connectivity index (χ4n) is 1.47. The first-order valence-corrected chi connectivity index (χ1v) is 5.32. The second-order valence-electron chi connectivity index (χ2n) is 3.63. The predicted octanol–water partition coefficient (Wildman–Crippen LogP) is 1.97. The topological polar surface area (TPSA) is 62.2 Å². The molecule has 2 rings (SSSR count). The molecule has 5 heteroatoms. The Balaban J connectivity index is 2.17. The van der Waals surface area contributed by atoms with Gasteiger partial charge in [-0.2, -0.15) is 0 Å². The van der Waals surface area contributed by atoms with Crippen molar-refractivity contribution in [1.82, 2.24) is 4.98 Å². The second-order valence-corrected chi connectivity index (χ2v) is 3.63. The Morgan fingerprint density at radius 1 is 1.33 bits per heavy atom. The first-order valence-electron chi connectivity index (χ1n) is 5.32. The second kappa shape index (κ2) is 5.37. The number of anilines is 1. The largest absolute Gasteiger partial charge is 0.392 e. The maximum absolute atomic E-state index is 13.1. The van der Waals surface area contributed by atoms with E-state index in [1.807, 2.05) is 0 Å². The van der Waals surface area contributed by atoms with Crippen molar-refractivity contribution in [3.63, 3.8) is 0 Å². The summed E-state index contributed by atoms with van der Waals surface area (Å²) in [5.74, 6) is -0.889. The summed E-state index contributed by atoms with van der Waals surface area (Å²) < 4.78 is 13.1. The number of hydrogen-bond donors (Lipinski definition) is 2. The predicted molar refractivity (Wildman–Crippen MR) is 64.5 cm³/mol. The lowest BCUT2D eigenvalue weighted by molar-refractivity contribution is 0.102. The molecular weight excluding hydrogens is 235 g/mol. The van der Waals surface area contributed by atoms with Crippen LogP contribution in [0.25, 0.3) is 0 Å². The van der Waals surface area contributed by atoms with Crippen LogP contribution in [-0.4, -0.2) is 16.0 Å². The lowest BCUT2D eigenvalue weighted by Gasteiger charge is -2.06. The quantitative estimate of drug-likeness (QED) is 0.870. The molecule has 0 aliphatic heterocycles. The Morgan fingerprint density at radius 2 is 2.17 bits per heavy atom. The van der Waals surface area contributed by atoms with Gasteiger partial charge in [-0.05, 0) is 30.3 Å². The van der Waals surface area contributed by atoms with Crippen molar-refractivity contribution in [2.24, 2.45) is 0 Å². The van der Waals surface area contributed by atoms with Gasteiger partial charge < -0.3 is 10.4 Å². The number of nitrogens with zero attached hydrogens (tertiary/aromatic N) is 1. The number of carbonyl (C=O) groups excluding carboxylic acids is 1. The van der Waals surface area contributed by atoms with Gasteiger partial charge in [-0.1, -0.05) is 6.07 Å². The van der Waals surface area contributed by atoms with Gasteiger partial charge in [0.1, 0.15) is 11.5 Å². The van der Waals surface area contributed by atoms with E-state index < -0.39 is 12.4 Å². The Labute approximate surface area is 103 Å². The van der Waals surface area contributed by atoms with Gasteiger partial charge in [0.2, 0.25) is 0 Å². The molecule has 92 valence electrons. The van der Waals surface area contributed by atoms with Crippen LogP contribution in [0, 0.1) is 5.82 Å². The third-order valence-electron chi connectivity index (χ3n) is 2.37. The van der Waals surface area contributed by atoms with Crippen molar-refractivity contribution in [2.45, 2.75) is 6.61 Å². The van der Waals surface area contributed by atoms with E-state index in [1.165, 1.54) is 24.4 Å². The molecule has 1 aromatic carbocycles. The lowest BCUT2D eigenvalue weighted by atomic mass is 10.2. The van der Waals surface area contributed by atoms with Crippen molar-refractivity contribution < 1.29 is 14.3 Å². The summed E-state index contributed by atoms with van der Waals surface area (Å²) in [5.41, 5.74) is 0.817. The Kier molecular flexibility index (Phi) is 3.64. The van der Waals surface area contributed by atoms with Crippen molar-refractivity contribution in [2.75, 3.05) is 5.32 Å². The first-order chi connectivity index (χ1) is 8.70. The number of aliphatic hydroxyl groups is 1. The molecule has 0 aliphatic carbocycles. The number of aromatic nitrogens is 1. The van der Waals surface area contributed by atoms with Gasteiger partial charge in [0.15, 0.2) is 0 Å². The molecule has 0 saturated heterocycles. The number of halogens is 1. The molecule has 0 spiro atoms. The van der Waals surface area contributed by atoms with E-state index in [0.29, 0.717) is 5.69 Å². The van der Waals surface area contributed by atoms with Crippen molar-refractivity contribution >= 4 is 11.6 Å². The highest BCUT2D eigenvalue weighted by Crippen LogP contribution is 2.15. The molecule has 4 nitrogen and oxygen atoms in total. The zero-order valence-corrected chi connectivity index (χ0v) is 9.43. The monoisotopic (exact) mass is 246 g/mol. The zero-order chi connectivity index (χ0) is 13.0. The van der Waals surface area contributed by atoms with E-state index >= 15 is 0 Å². The molecule has 1 heterocycles. The molecule has 0 atom stereocenters.